The number of halogens is 3. The minimum Gasteiger partial charge on any atom is -0.444 e. The number of ether oxygens (including phenoxy) is 1. The largest absolute Gasteiger partial charge is 0.444 e. The highest BCUT2D eigenvalue weighted by Crippen LogP contribution is 2.28. The Kier molecular flexibility index (Phi) is 7.98. The van der Waals surface area contributed by atoms with Crippen LogP contribution in [0, 0.1) is 12.7 Å². The molecule has 1 saturated heterocycles. The van der Waals surface area contributed by atoms with Crippen LogP contribution in [0.15, 0.2) is 36.4 Å². The van der Waals surface area contributed by atoms with Crippen molar-refractivity contribution in [3.63, 3.8) is 0 Å². The number of rotatable bonds is 4. The molecule has 3 rings (SSSR count). The van der Waals surface area contributed by atoms with Crippen LogP contribution in [0.2, 0.25) is 10.0 Å². The molecule has 0 aliphatic carbocycles. The number of carbonyl (C=O) groups excluding carboxylic acids is 2. The van der Waals surface area contributed by atoms with Crippen LogP contribution >= 0.6 is 23.2 Å². The van der Waals surface area contributed by atoms with E-state index in [2.05, 4.69) is 0 Å². The Bertz CT molecular complexity index is 1070. The topological polar surface area (TPSA) is 53.1 Å². The molecule has 1 unspecified atom stereocenters. The molecule has 184 valence electrons. The summed E-state index contributed by atoms with van der Waals surface area (Å²) in [5.74, 6) is -0.544. The van der Waals surface area contributed by atoms with E-state index in [0.29, 0.717) is 34.3 Å². The number of amides is 2. The number of benzene rings is 2. The Hall–Kier alpha value is -2.51. The van der Waals surface area contributed by atoms with Crippen molar-refractivity contribution in [1.29, 1.82) is 0 Å². The van der Waals surface area contributed by atoms with Gasteiger partial charge in [-0.3, -0.25) is 4.79 Å². The second-order valence-corrected chi connectivity index (χ2v) is 10.3. The fraction of sp³-hybridized carbons (Fsp3) is 0.440. The van der Waals surface area contributed by atoms with Crippen LogP contribution in [-0.2, 0) is 16.1 Å². The molecule has 2 amide bonds. The van der Waals surface area contributed by atoms with Crippen LogP contribution in [-0.4, -0.2) is 60.1 Å². The molecule has 1 aliphatic rings. The molecule has 2 aromatic rings. The summed E-state index contributed by atoms with van der Waals surface area (Å²) < 4.78 is 19.3. The molecule has 0 bridgehead atoms. The zero-order chi connectivity index (χ0) is 25.2. The number of piperazine rings is 1. The highest BCUT2D eigenvalue weighted by atomic mass is 35.5. The van der Waals surface area contributed by atoms with E-state index in [1.165, 1.54) is 12.1 Å². The average Bonchev–Trinajstić information content (AvgIpc) is 2.74. The standard InChI is InChI=1S/C25H30Cl2FN3O3/c1-16-12-19(28)7-9-21(16)31-11-10-30(24(33)34-25(2,3)4)15-22(31)23(32)29(5)14-17-13-18(26)6-8-20(17)27/h6-9,12-13,22H,10-11,14-15H2,1-5H3. The maximum atomic E-state index is 13.8. The predicted molar refractivity (Wildman–Crippen MR) is 133 cm³/mol. The van der Waals surface area contributed by atoms with Gasteiger partial charge in [-0.15, -0.1) is 0 Å². The quantitative estimate of drug-likeness (QED) is 0.543. The van der Waals surface area contributed by atoms with Crippen molar-refractivity contribution in [1.82, 2.24) is 9.80 Å². The van der Waals surface area contributed by atoms with Crippen molar-refractivity contribution in [2.45, 2.75) is 45.9 Å². The Morgan fingerprint density at radius 3 is 2.50 bits per heavy atom. The SMILES string of the molecule is Cc1cc(F)ccc1N1CCN(C(=O)OC(C)(C)C)CC1C(=O)N(C)Cc1cc(Cl)ccc1Cl. The summed E-state index contributed by atoms with van der Waals surface area (Å²) in [5.41, 5.74) is 1.53. The second kappa shape index (κ2) is 10.4. The summed E-state index contributed by atoms with van der Waals surface area (Å²) >= 11 is 12.4. The molecular formula is C25H30Cl2FN3O3. The minimum atomic E-state index is -0.687. The molecule has 1 fully saturated rings. The fourth-order valence-corrected chi connectivity index (χ4v) is 4.34. The van der Waals surface area contributed by atoms with Gasteiger partial charge in [-0.05, 0) is 75.2 Å². The maximum absolute atomic E-state index is 13.8. The summed E-state index contributed by atoms with van der Waals surface area (Å²) in [6.45, 7) is 8.36. The van der Waals surface area contributed by atoms with Crippen LogP contribution in [0.4, 0.5) is 14.9 Å². The van der Waals surface area contributed by atoms with E-state index < -0.39 is 17.7 Å². The van der Waals surface area contributed by atoms with Crippen molar-refractivity contribution in [3.8, 4) is 0 Å². The van der Waals surface area contributed by atoms with Gasteiger partial charge in [0.05, 0.1) is 6.54 Å². The summed E-state index contributed by atoms with van der Waals surface area (Å²) in [6, 6.07) is 8.90. The van der Waals surface area contributed by atoms with Crippen LogP contribution in [0.5, 0.6) is 0 Å². The van der Waals surface area contributed by atoms with Gasteiger partial charge < -0.3 is 19.4 Å². The van der Waals surface area contributed by atoms with Crippen LogP contribution in [0.25, 0.3) is 0 Å². The number of carbonyl (C=O) groups is 2. The number of hydrogen-bond acceptors (Lipinski definition) is 4. The van der Waals surface area contributed by atoms with E-state index in [1.54, 1.807) is 68.8 Å². The first kappa shape index (κ1) is 26.1. The van der Waals surface area contributed by atoms with Crippen molar-refractivity contribution >= 4 is 40.9 Å². The van der Waals surface area contributed by atoms with E-state index in [1.807, 2.05) is 4.90 Å². The van der Waals surface area contributed by atoms with E-state index in [9.17, 15) is 14.0 Å². The van der Waals surface area contributed by atoms with E-state index in [0.717, 1.165) is 5.69 Å². The lowest BCUT2D eigenvalue weighted by Gasteiger charge is -2.43. The Labute approximate surface area is 210 Å². The molecule has 9 heteroatoms. The average molecular weight is 510 g/mol. The Morgan fingerprint density at radius 1 is 1.15 bits per heavy atom. The number of nitrogens with zero attached hydrogens (tertiary/aromatic N) is 3. The molecule has 2 aromatic carbocycles. The second-order valence-electron chi connectivity index (χ2n) is 9.50. The molecule has 6 nitrogen and oxygen atoms in total. The normalized spacial score (nSPS) is 16.4. The predicted octanol–water partition coefficient (Wildman–Crippen LogP) is 5.53. The van der Waals surface area contributed by atoms with E-state index >= 15 is 0 Å². The van der Waals surface area contributed by atoms with Gasteiger partial charge in [0.25, 0.3) is 0 Å². The molecular weight excluding hydrogens is 480 g/mol. The lowest BCUT2D eigenvalue weighted by Crippen LogP contribution is -2.61. The third kappa shape index (κ3) is 6.33. The molecule has 0 saturated carbocycles. The van der Waals surface area contributed by atoms with Crippen LogP contribution in [0.1, 0.15) is 31.9 Å². The van der Waals surface area contributed by atoms with Crippen LogP contribution in [0.3, 0.4) is 0 Å². The van der Waals surface area contributed by atoms with Crippen molar-refractivity contribution in [2.75, 3.05) is 31.6 Å². The first-order chi connectivity index (χ1) is 15.9. The molecule has 1 aliphatic heterocycles. The lowest BCUT2D eigenvalue weighted by molar-refractivity contribution is -0.132. The molecule has 34 heavy (non-hydrogen) atoms. The van der Waals surface area contributed by atoms with E-state index in [4.69, 9.17) is 27.9 Å². The maximum Gasteiger partial charge on any atom is 0.410 e. The summed E-state index contributed by atoms with van der Waals surface area (Å²) in [6.07, 6.45) is -0.471. The zero-order valence-electron chi connectivity index (χ0n) is 20.1. The molecule has 1 atom stereocenters. The van der Waals surface area contributed by atoms with Gasteiger partial charge in [-0.1, -0.05) is 23.2 Å². The Morgan fingerprint density at radius 2 is 1.85 bits per heavy atom. The highest BCUT2D eigenvalue weighted by Gasteiger charge is 2.38. The van der Waals surface area contributed by atoms with Gasteiger partial charge in [0.2, 0.25) is 5.91 Å². The first-order valence-electron chi connectivity index (χ1n) is 11.1. The summed E-state index contributed by atoms with van der Waals surface area (Å²) in [4.78, 5) is 31.5. The van der Waals surface area contributed by atoms with Gasteiger partial charge >= 0.3 is 6.09 Å². The van der Waals surface area contributed by atoms with Crippen molar-refractivity contribution in [3.05, 3.63) is 63.4 Å². The minimum absolute atomic E-state index is 0.137. The molecule has 0 spiro atoms. The number of likely N-dealkylation sites (N-methyl/N-ethyl adjacent to an activating group) is 1. The lowest BCUT2D eigenvalue weighted by atomic mass is 10.1. The summed E-state index contributed by atoms with van der Waals surface area (Å²) in [5, 5.41) is 1.03. The fourth-order valence-electron chi connectivity index (χ4n) is 3.97. The van der Waals surface area contributed by atoms with E-state index in [-0.39, 0.29) is 24.8 Å². The van der Waals surface area contributed by atoms with Gasteiger partial charge in [-0.2, -0.15) is 0 Å². The number of anilines is 1. The third-order valence-electron chi connectivity index (χ3n) is 5.58. The Balaban J connectivity index is 1.89. The molecule has 0 aromatic heterocycles. The van der Waals surface area contributed by atoms with Gasteiger partial charge in [0.15, 0.2) is 0 Å². The van der Waals surface area contributed by atoms with Gasteiger partial charge in [-0.25, -0.2) is 9.18 Å². The smallest absolute Gasteiger partial charge is 0.410 e. The van der Waals surface area contributed by atoms with Crippen molar-refractivity contribution in [2.24, 2.45) is 0 Å². The highest BCUT2D eigenvalue weighted by molar-refractivity contribution is 6.33. The van der Waals surface area contributed by atoms with Crippen molar-refractivity contribution < 1.29 is 18.7 Å². The van der Waals surface area contributed by atoms with Gasteiger partial charge in [0, 0.05) is 42.4 Å². The molecule has 0 radical (unpaired) electrons. The third-order valence-corrected chi connectivity index (χ3v) is 6.18. The molecule has 1 heterocycles. The monoisotopic (exact) mass is 509 g/mol. The first-order valence-corrected chi connectivity index (χ1v) is 11.8. The van der Waals surface area contributed by atoms with Crippen LogP contribution < -0.4 is 4.90 Å². The number of hydrogen-bond donors (Lipinski definition) is 0. The summed E-state index contributed by atoms with van der Waals surface area (Å²) in [7, 11) is 1.68. The zero-order valence-corrected chi connectivity index (χ0v) is 21.6. The molecule has 0 N–H and O–H groups in total. The van der Waals surface area contributed by atoms with Gasteiger partial charge in [0.1, 0.15) is 17.5 Å². The number of aryl methyl sites for hydroxylation is 1.